The van der Waals surface area contributed by atoms with E-state index < -0.39 is 5.97 Å². The summed E-state index contributed by atoms with van der Waals surface area (Å²) < 4.78 is 17.1. The third-order valence-electron chi connectivity index (χ3n) is 5.16. The van der Waals surface area contributed by atoms with Gasteiger partial charge in [0, 0.05) is 27.3 Å². The molecule has 0 N–H and O–H groups in total. The van der Waals surface area contributed by atoms with Gasteiger partial charge in [0.05, 0.1) is 30.4 Å². The molecule has 0 heterocycles. The van der Waals surface area contributed by atoms with Gasteiger partial charge in [-0.2, -0.15) is 10.5 Å². The zero-order chi connectivity index (χ0) is 26.2. The van der Waals surface area contributed by atoms with Crippen LogP contribution in [-0.2, 0) is 10.5 Å². The molecule has 0 bridgehead atoms. The van der Waals surface area contributed by atoms with E-state index in [1.807, 2.05) is 42.5 Å². The Kier molecular flexibility index (Phi) is 8.33. The summed E-state index contributed by atoms with van der Waals surface area (Å²) in [6.45, 7) is 0. The smallest absolute Gasteiger partial charge is 0.341 e. The predicted octanol–water partition coefficient (Wildman–Crippen LogP) is 7.75. The van der Waals surface area contributed by atoms with Gasteiger partial charge in [0.25, 0.3) is 0 Å². The lowest BCUT2D eigenvalue weighted by atomic mass is 10.1. The van der Waals surface area contributed by atoms with Crippen LogP contribution in [0.25, 0.3) is 0 Å². The molecular formula is C29H19ClN2O4S. The number of carbonyl (C=O) groups is 1. The number of rotatable bonds is 8. The lowest BCUT2D eigenvalue weighted by Gasteiger charge is -2.17. The molecule has 0 unspecified atom stereocenters. The normalized spacial score (nSPS) is 10.2. The van der Waals surface area contributed by atoms with E-state index in [0.29, 0.717) is 44.7 Å². The SMILES string of the molecule is COC(=O)c1ccc(Cl)c(CSc2ccccc2)c1Oc1cccc(Oc2cc(C#N)cc(C#N)c2)c1. The van der Waals surface area contributed by atoms with E-state index in [-0.39, 0.29) is 11.3 Å². The molecule has 0 fully saturated rings. The standard InChI is InChI=1S/C29H19ClN2O4S/c1-34-29(33)25-10-11-27(30)26(18-37-24-8-3-2-4-9-24)28(25)36-22-7-5-6-21(15-22)35-23-13-19(16-31)12-20(14-23)17-32/h2-15H,18H2,1H3. The Bertz CT molecular complexity index is 1500. The average Bonchev–Trinajstić information content (AvgIpc) is 2.93. The molecule has 0 amide bonds. The topological polar surface area (TPSA) is 92.3 Å². The Morgan fingerprint density at radius 1 is 0.838 bits per heavy atom. The molecule has 0 saturated carbocycles. The quantitative estimate of drug-likeness (QED) is 0.171. The van der Waals surface area contributed by atoms with Crippen LogP contribution in [0, 0.1) is 22.7 Å². The first kappa shape index (κ1) is 25.7. The third-order valence-corrected chi connectivity index (χ3v) is 6.55. The lowest BCUT2D eigenvalue weighted by molar-refractivity contribution is 0.0597. The first-order chi connectivity index (χ1) is 18.0. The van der Waals surface area contributed by atoms with Gasteiger partial charge in [0.1, 0.15) is 28.6 Å². The third kappa shape index (κ3) is 6.42. The van der Waals surface area contributed by atoms with Crippen molar-refractivity contribution in [3.63, 3.8) is 0 Å². The summed E-state index contributed by atoms with van der Waals surface area (Å²) >= 11 is 8.11. The van der Waals surface area contributed by atoms with Gasteiger partial charge in [0.15, 0.2) is 0 Å². The zero-order valence-corrected chi connectivity index (χ0v) is 21.2. The summed E-state index contributed by atoms with van der Waals surface area (Å²) in [5.41, 5.74) is 1.50. The van der Waals surface area contributed by atoms with Crippen LogP contribution < -0.4 is 9.47 Å². The fourth-order valence-electron chi connectivity index (χ4n) is 3.44. The highest BCUT2D eigenvalue weighted by Gasteiger charge is 2.21. The molecule has 0 atom stereocenters. The minimum Gasteiger partial charge on any atom is -0.465 e. The Morgan fingerprint density at radius 3 is 2.16 bits per heavy atom. The van der Waals surface area contributed by atoms with Gasteiger partial charge in [-0.15, -0.1) is 11.8 Å². The summed E-state index contributed by atoms with van der Waals surface area (Å²) in [5.74, 6) is 1.34. The van der Waals surface area contributed by atoms with Crippen molar-refractivity contribution >= 4 is 29.3 Å². The Hall–Kier alpha value is -4.43. The second kappa shape index (κ2) is 12.0. The van der Waals surface area contributed by atoms with Crippen LogP contribution in [0.1, 0.15) is 27.0 Å². The molecule has 0 spiro atoms. The van der Waals surface area contributed by atoms with Crippen LogP contribution in [-0.4, -0.2) is 13.1 Å². The monoisotopic (exact) mass is 526 g/mol. The van der Waals surface area contributed by atoms with Crippen LogP contribution >= 0.6 is 23.4 Å². The molecular weight excluding hydrogens is 508 g/mol. The first-order valence-corrected chi connectivity index (χ1v) is 12.4. The lowest BCUT2D eigenvalue weighted by Crippen LogP contribution is -2.06. The van der Waals surface area contributed by atoms with Crippen molar-refractivity contribution in [2.24, 2.45) is 0 Å². The van der Waals surface area contributed by atoms with Crippen molar-refractivity contribution in [3.05, 3.63) is 112 Å². The molecule has 0 radical (unpaired) electrons. The van der Waals surface area contributed by atoms with Gasteiger partial charge in [-0.3, -0.25) is 0 Å². The molecule has 4 aromatic carbocycles. The van der Waals surface area contributed by atoms with Gasteiger partial charge in [0.2, 0.25) is 0 Å². The van der Waals surface area contributed by atoms with Crippen LogP contribution in [0.5, 0.6) is 23.0 Å². The number of esters is 1. The number of ether oxygens (including phenoxy) is 3. The van der Waals surface area contributed by atoms with E-state index >= 15 is 0 Å². The van der Waals surface area contributed by atoms with Gasteiger partial charge < -0.3 is 14.2 Å². The highest BCUT2D eigenvalue weighted by molar-refractivity contribution is 7.98. The molecule has 0 aliphatic rings. The molecule has 4 aromatic rings. The summed E-state index contributed by atoms with van der Waals surface area (Å²) in [6, 6.07) is 28.4. The predicted molar refractivity (Wildman–Crippen MR) is 141 cm³/mol. The molecule has 8 heteroatoms. The molecule has 0 aromatic heterocycles. The minimum atomic E-state index is -0.553. The summed E-state index contributed by atoms with van der Waals surface area (Å²) in [5, 5.41) is 18.9. The summed E-state index contributed by atoms with van der Waals surface area (Å²) in [6.07, 6.45) is 0. The van der Waals surface area contributed by atoms with Gasteiger partial charge >= 0.3 is 5.97 Å². The molecule has 6 nitrogen and oxygen atoms in total. The minimum absolute atomic E-state index is 0.238. The first-order valence-electron chi connectivity index (χ1n) is 11.0. The van der Waals surface area contributed by atoms with Crippen molar-refractivity contribution in [1.82, 2.24) is 0 Å². The number of hydrogen-bond donors (Lipinski definition) is 0. The maximum absolute atomic E-state index is 12.6. The number of benzene rings is 4. The van der Waals surface area contributed by atoms with Crippen molar-refractivity contribution in [2.45, 2.75) is 10.6 Å². The molecule has 182 valence electrons. The summed E-state index contributed by atoms with van der Waals surface area (Å²) in [7, 11) is 1.30. The van der Waals surface area contributed by atoms with Crippen LogP contribution in [0.3, 0.4) is 0 Å². The number of nitriles is 2. The highest BCUT2D eigenvalue weighted by Crippen LogP contribution is 2.39. The van der Waals surface area contributed by atoms with Crippen LogP contribution in [0.2, 0.25) is 5.02 Å². The van der Waals surface area contributed by atoms with Gasteiger partial charge in [-0.05, 0) is 54.6 Å². The Labute approximate surface area is 223 Å². The maximum atomic E-state index is 12.6. The Morgan fingerprint density at radius 2 is 1.51 bits per heavy atom. The number of hydrogen-bond acceptors (Lipinski definition) is 7. The van der Waals surface area contributed by atoms with Gasteiger partial charge in [-0.1, -0.05) is 35.9 Å². The maximum Gasteiger partial charge on any atom is 0.341 e. The largest absolute Gasteiger partial charge is 0.465 e. The van der Waals surface area contributed by atoms with Crippen molar-refractivity contribution in [3.8, 4) is 35.1 Å². The molecule has 0 aliphatic carbocycles. The zero-order valence-electron chi connectivity index (χ0n) is 19.6. The van der Waals surface area contributed by atoms with Gasteiger partial charge in [-0.25, -0.2) is 4.79 Å². The van der Waals surface area contributed by atoms with Crippen molar-refractivity contribution < 1.29 is 19.0 Å². The van der Waals surface area contributed by atoms with E-state index in [0.717, 1.165) is 4.90 Å². The van der Waals surface area contributed by atoms with E-state index in [1.165, 1.54) is 13.2 Å². The van der Waals surface area contributed by atoms with E-state index in [4.69, 9.17) is 25.8 Å². The second-order valence-corrected chi connectivity index (χ2v) is 9.10. The highest BCUT2D eigenvalue weighted by atomic mass is 35.5. The second-order valence-electron chi connectivity index (χ2n) is 7.64. The van der Waals surface area contributed by atoms with E-state index in [2.05, 4.69) is 0 Å². The average molecular weight is 527 g/mol. The number of methoxy groups -OCH3 is 1. The van der Waals surface area contributed by atoms with E-state index in [1.54, 1.807) is 60.3 Å². The van der Waals surface area contributed by atoms with Crippen LogP contribution in [0.4, 0.5) is 0 Å². The van der Waals surface area contributed by atoms with Crippen molar-refractivity contribution in [1.29, 1.82) is 10.5 Å². The number of halogens is 1. The fourth-order valence-corrected chi connectivity index (χ4v) is 4.68. The van der Waals surface area contributed by atoms with Crippen LogP contribution in [0.15, 0.2) is 89.8 Å². The fraction of sp³-hybridized carbons (Fsp3) is 0.0690. The Balaban J connectivity index is 1.66. The summed E-state index contributed by atoms with van der Waals surface area (Å²) in [4.78, 5) is 13.6. The number of nitrogens with zero attached hydrogens (tertiary/aromatic N) is 2. The number of carbonyl (C=O) groups excluding carboxylic acids is 1. The molecule has 0 saturated heterocycles. The molecule has 4 rings (SSSR count). The molecule has 37 heavy (non-hydrogen) atoms. The molecule has 0 aliphatic heterocycles. The van der Waals surface area contributed by atoms with Crippen molar-refractivity contribution in [2.75, 3.05) is 7.11 Å². The number of thioether (sulfide) groups is 1. The van der Waals surface area contributed by atoms with E-state index in [9.17, 15) is 15.3 Å².